The van der Waals surface area contributed by atoms with E-state index >= 15 is 0 Å². The molecule has 0 radical (unpaired) electrons. The maximum atomic E-state index is 9.44. The van der Waals surface area contributed by atoms with E-state index in [9.17, 15) is 19.6 Å². The van der Waals surface area contributed by atoms with E-state index < -0.39 is 31.9 Å². The van der Waals surface area contributed by atoms with E-state index in [0.717, 1.165) is 0 Å². The summed E-state index contributed by atoms with van der Waals surface area (Å²) in [6.07, 6.45) is 0.400. The Balaban J connectivity index is 1.85. The van der Waals surface area contributed by atoms with E-state index in [4.69, 9.17) is 19.5 Å². The second-order valence-corrected chi connectivity index (χ2v) is 10.7. The number of hydrogen-bond donors (Lipinski definition) is 5. The molecular formula is C10H15N5O7P2S2. The van der Waals surface area contributed by atoms with Crippen LogP contribution in [0.25, 0.3) is 11.2 Å². The normalized spacial score (nSPS) is 24.4. The molecule has 0 aromatic carbocycles. The summed E-state index contributed by atoms with van der Waals surface area (Å²) in [7, 11) is 0. The van der Waals surface area contributed by atoms with Crippen LogP contribution in [0.15, 0.2) is 12.7 Å². The fourth-order valence-electron chi connectivity index (χ4n) is 2.56. The van der Waals surface area contributed by atoms with Gasteiger partial charge >= 0.3 is 13.4 Å². The van der Waals surface area contributed by atoms with Gasteiger partial charge in [0.15, 0.2) is 11.5 Å². The van der Waals surface area contributed by atoms with Crippen LogP contribution in [0.3, 0.4) is 0 Å². The number of aromatic nitrogens is 4. The summed E-state index contributed by atoms with van der Waals surface area (Å²) >= 11 is 8.90. The van der Waals surface area contributed by atoms with Crippen LogP contribution in [-0.4, -0.2) is 57.9 Å². The molecule has 0 bridgehead atoms. The predicted molar refractivity (Wildman–Crippen MR) is 96.5 cm³/mol. The van der Waals surface area contributed by atoms with Gasteiger partial charge in [0.1, 0.15) is 24.2 Å². The minimum absolute atomic E-state index is 0.142. The van der Waals surface area contributed by atoms with Gasteiger partial charge in [0, 0.05) is 6.42 Å². The van der Waals surface area contributed by atoms with Crippen LogP contribution in [0.2, 0.25) is 0 Å². The molecule has 2 aromatic heterocycles. The van der Waals surface area contributed by atoms with E-state index in [1.807, 2.05) is 0 Å². The standard InChI is InChI=1S/C10H15N5O7P2S2/c11-9-8-10(13-3-12-9)15(4-14-8)7-1-5(22-24(18,19)26)6(21-7)2-20-23(16,17)25/h3-7H,1-2H2,(H2,11,12,13)(H2,16,17,25)(H2,18,19,26)/t5?,6-,7-/m1/s1. The average Bonchev–Trinajstić information content (AvgIpc) is 3.07. The summed E-state index contributed by atoms with van der Waals surface area (Å²) in [6, 6.07) is 0. The van der Waals surface area contributed by atoms with Gasteiger partial charge in [0.25, 0.3) is 0 Å². The zero-order chi connectivity index (χ0) is 19.1. The van der Waals surface area contributed by atoms with Crippen LogP contribution >= 0.6 is 13.4 Å². The minimum atomic E-state index is -3.99. The molecule has 1 aliphatic rings. The number of nitrogen functional groups attached to an aromatic ring is 1. The van der Waals surface area contributed by atoms with Gasteiger partial charge in [-0.3, -0.25) is 4.57 Å². The summed E-state index contributed by atoms with van der Waals surface area (Å²) in [5.41, 5.74) is 6.54. The van der Waals surface area contributed by atoms with Crippen molar-refractivity contribution in [2.75, 3.05) is 12.3 Å². The van der Waals surface area contributed by atoms with Crippen molar-refractivity contribution >= 4 is 54.0 Å². The molecule has 3 rings (SSSR count). The Labute approximate surface area is 157 Å². The summed E-state index contributed by atoms with van der Waals surface area (Å²) < 4.78 is 17.2. The molecule has 2 aromatic rings. The van der Waals surface area contributed by atoms with E-state index in [1.165, 1.54) is 12.7 Å². The van der Waals surface area contributed by atoms with Crippen molar-refractivity contribution in [3.63, 3.8) is 0 Å². The number of ether oxygens (including phenoxy) is 1. The highest BCUT2D eigenvalue weighted by molar-refractivity contribution is 8.07. The van der Waals surface area contributed by atoms with E-state index in [0.29, 0.717) is 11.2 Å². The Morgan fingerprint density at radius 1 is 1.23 bits per heavy atom. The number of hydrogen-bond acceptors (Lipinski definition) is 9. The van der Waals surface area contributed by atoms with E-state index in [1.54, 1.807) is 4.57 Å². The second kappa shape index (κ2) is 7.41. The SMILES string of the molecule is Nc1ncnc2c1ncn2[C@H]1CC(OP(O)(O)=S)[C@@H](COP(O)(O)=S)O1. The molecule has 144 valence electrons. The molecule has 1 aliphatic heterocycles. The highest BCUT2D eigenvalue weighted by atomic mass is 32.5. The van der Waals surface area contributed by atoms with Crippen molar-refractivity contribution in [3.8, 4) is 0 Å². The maximum Gasteiger partial charge on any atom is 0.322 e. The monoisotopic (exact) mass is 443 g/mol. The van der Waals surface area contributed by atoms with Crippen LogP contribution in [0.5, 0.6) is 0 Å². The summed E-state index contributed by atoms with van der Waals surface area (Å²) in [4.78, 5) is 49.4. The van der Waals surface area contributed by atoms with Crippen molar-refractivity contribution in [1.29, 1.82) is 0 Å². The fraction of sp³-hybridized carbons (Fsp3) is 0.500. The molecule has 3 atom stereocenters. The molecule has 3 heterocycles. The van der Waals surface area contributed by atoms with Crippen LogP contribution in [-0.2, 0) is 37.4 Å². The predicted octanol–water partition coefficient (Wildman–Crippen LogP) is -0.484. The summed E-state index contributed by atoms with van der Waals surface area (Å²) in [5.74, 6) is 0.196. The average molecular weight is 443 g/mol. The first-order chi connectivity index (χ1) is 12.0. The quantitative estimate of drug-likeness (QED) is 0.362. The first kappa shape index (κ1) is 20.1. The van der Waals surface area contributed by atoms with Crippen molar-refractivity contribution in [2.45, 2.75) is 24.9 Å². The lowest BCUT2D eigenvalue weighted by molar-refractivity contribution is -0.0374. The molecule has 0 spiro atoms. The molecule has 1 unspecified atom stereocenters. The Bertz CT molecular complexity index is 901. The van der Waals surface area contributed by atoms with Crippen LogP contribution < -0.4 is 5.73 Å². The highest BCUT2D eigenvalue weighted by Crippen LogP contribution is 2.45. The maximum absolute atomic E-state index is 9.44. The van der Waals surface area contributed by atoms with Gasteiger partial charge in [0.2, 0.25) is 0 Å². The Kier molecular flexibility index (Phi) is 5.74. The van der Waals surface area contributed by atoms with E-state index in [-0.39, 0.29) is 18.8 Å². The first-order valence-corrected chi connectivity index (χ1v) is 12.3. The van der Waals surface area contributed by atoms with Crippen molar-refractivity contribution in [1.82, 2.24) is 19.5 Å². The largest absolute Gasteiger partial charge is 0.382 e. The third-order valence-corrected chi connectivity index (χ3v) is 5.16. The van der Waals surface area contributed by atoms with Gasteiger partial charge in [-0.15, -0.1) is 0 Å². The van der Waals surface area contributed by atoms with Gasteiger partial charge < -0.3 is 39.1 Å². The third-order valence-electron chi connectivity index (χ3n) is 3.56. The number of nitrogens with zero attached hydrogens (tertiary/aromatic N) is 4. The fourth-order valence-corrected chi connectivity index (χ4v) is 3.99. The lowest BCUT2D eigenvalue weighted by Gasteiger charge is -2.21. The van der Waals surface area contributed by atoms with Gasteiger partial charge in [-0.25, -0.2) is 15.0 Å². The molecule has 6 N–H and O–H groups in total. The van der Waals surface area contributed by atoms with Gasteiger partial charge in [-0.2, -0.15) is 0 Å². The Morgan fingerprint density at radius 3 is 2.62 bits per heavy atom. The number of fused-ring (bicyclic) bond motifs is 1. The van der Waals surface area contributed by atoms with Crippen LogP contribution in [0.4, 0.5) is 5.82 Å². The summed E-state index contributed by atoms with van der Waals surface area (Å²) in [5, 5.41) is 0. The number of imidazole rings is 1. The molecule has 16 heteroatoms. The molecule has 0 saturated carbocycles. The van der Waals surface area contributed by atoms with Gasteiger partial charge in [-0.05, 0) is 23.6 Å². The number of nitrogens with two attached hydrogens (primary N) is 1. The van der Waals surface area contributed by atoms with Gasteiger partial charge in [0.05, 0.1) is 19.0 Å². The van der Waals surface area contributed by atoms with E-state index in [2.05, 4.69) is 38.6 Å². The molecular weight excluding hydrogens is 428 g/mol. The zero-order valence-corrected chi connectivity index (χ0v) is 16.3. The Morgan fingerprint density at radius 2 is 1.96 bits per heavy atom. The molecule has 1 saturated heterocycles. The number of anilines is 1. The highest BCUT2D eigenvalue weighted by Gasteiger charge is 2.41. The molecule has 0 amide bonds. The molecule has 1 fully saturated rings. The molecule has 12 nitrogen and oxygen atoms in total. The lowest BCUT2D eigenvalue weighted by Crippen LogP contribution is -2.28. The molecule has 0 aliphatic carbocycles. The topological polar surface area (TPSA) is 178 Å². The smallest absolute Gasteiger partial charge is 0.322 e. The molecule has 26 heavy (non-hydrogen) atoms. The lowest BCUT2D eigenvalue weighted by atomic mass is 10.2. The van der Waals surface area contributed by atoms with Crippen molar-refractivity contribution < 1.29 is 33.4 Å². The first-order valence-electron chi connectivity index (χ1n) is 7.06. The van der Waals surface area contributed by atoms with Crippen molar-refractivity contribution in [2.24, 2.45) is 0 Å². The number of rotatable bonds is 6. The van der Waals surface area contributed by atoms with Crippen LogP contribution in [0.1, 0.15) is 12.6 Å². The third kappa shape index (κ3) is 4.80. The second-order valence-electron chi connectivity index (χ2n) is 5.37. The Hall–Kier alpha value is -0.630. The zero-order valence-electron chi connectivity index (χ0n) is 12.9. The minimum Gasteiger partial charge on any atom is -0.382 e. The van der Waals surface area contributed by atoms with Crippen molar-refractivity contribution in [3.05, 3.63) is 12.7 Å². The van der Waals surface area contributed by atoms with Crippen LogP contribution in [0, 0.1) is 0 Å². The summed E-state index contributed by atoms with van der Waals surface area (Å²) in [6.45, 7) is -8.26. The van der Waals surface area contributed by atoms with Gasteiger partial charge in [-0.1, -0.05) is 0 Å².